The maximum Gasteiger partial charge on any atom is 0.126 e. The van der Waals surface area contributed by atoms with E-state index >= 15 is 0 Å². The molecule has 0 aliphatic rings. The Bertz CT molecular complexity index is 370. The molecule has 0 saturated heterocycles. The van der Waals surface area contributed by atoms with Crippen LogP contribution in [0.25, 0.3) is 6.08 Å². The summed E-state index contributed by atoms with van der Waals surface area (Å²) in [6.45, 7) is 6.97. The van der Waals surface area contributed by atoms with Crippen LogP contribution >= 0.6 is 0 Å². The average molecular weight is 278 g/mol. The molecule has 0 spiro atoms. The smallest absolute Gasteiger partial charge is 0.126 e. The highest BCUT2D eigenvalue weighted by Gasteiger charge is 1.98. The van der Waals surface area contributed by atoms with Crippen LogP contribution in [-0.2, 0) is 4.74 Å². The minimum absolute atomic E-state index is 0.870. The zero-order valence-corrected chi connectivity index (χ0v) is 13.7. The predicted octanol–water partition coefficient (Wildman–Crippen LogP) is 5.25. The highest BCUT2D eigenvalue weighted by Crippen LogP contribution is 2.21. The molecule has 0 unspecified atom stereocenters. The topological polar surface area (TPSA) is 18.5 Å². The number of benzene rings is 1. The first-order valence-corrected chi connectivity index (χ1v) is 7.58. The normalized spacial score (nSPS) is 10.2. The third-order valence-corrected chi connectivity index (χ3v) is 2.90. The molecule has 0 amide bonds. The number of hydrogen-bond acceptors (Lipinski definition) is 2. The first kappa shape index (κ1) is 18.7. The van der Waals surface area contributed by atoms with Crippen molar-refractivity contribution in [3.8, 4) is 5.75 Å². The summed E-state index contributed by atoms with van der Waals surface area (Å²) in [5.41, 5.74) is 2.42. The molecule has 0 radical (unpaired) electrons. The fourth-order valence-electron chi connectivity index (χ4n) is 1.88. The van der Waals surface area contributed by atoms with Gasteiger partial charge in [0.25, 0.3) is 0 Å². The van der Waals surface area contributed by atoms with Gasteiger partial charge in [0.1, 0.15) is 5.75 Å². The monoisotopic (exact) mass is 278 g/mol. The molecule has 1 aromatic carbocycles. The molecule has 0 N–H and O–H groups in total. The van der Waals surface area contributed by atoms with Crippen LogP contribution in [0.5, 0.6) is 5.75 Å². The van der Waals surface area contributed by atoms with Gasteiger partial charge < -0.3 is 9.47 Å². The van der Waals surface area contributed by atoms with Gasteiger partial charge >= 0.3 is 0 Å². The number of ether oxygens (including phenoxy) is 2. The molecule has 0 fully saturated rings. The lowest BCUT2D eigenvalue weighted by molar-refractivity contribution is 0.192. The van der Waals surface area contributed by atoms with E-state index in [1.54, 1.807) is 14.2 Å². The molecule has 0 aliphatic heterocycles. The van der Waals surface area contributed by atoms with Gasteiger partial charge in [0.15, 0.2) is 0 Å². The Morgan fingerprint density at radius 3 is 2.45 bits per heavy atom. The maximum atomic E-state index is 5.34. The van der Waals surface area contributed by atoms with Crippen molar-refractivity contribution in [1.29, 1.82) is 0 Å². The van der Waals surface area contributed by atoms with E-state index in [1.165, 1.54) is 18.4 Å². The molecule has 0 aromatic heterocycles. The molecule has 2 nitrogen and oxygen atoms in total. The van der Waals surface area contributed by atoms with E-state index in [0.29, 0.717) is 0 Å². The van der Waals surface area contributed by atoms with Gasteiger partial charge in [0.2, 0.25) is 0 Å². The van der Waals surface area contributed by atoms with Crippen LogP contribution in [0.2, 0.25) is 0 Å². The SMILES string of the molecule is CC.COCCCCC/C=C/c1cc(C)ccc1OC. The van der Waals surface area contributed by atoms with Crippen LogP contribution in [0, 0.1) is 6.92 Å². The third kappa shape index (κ3) is 8.00. The van der Waals surface area contributed by atoms with Gasteiger partial charge in [-0.1, -0.05) is 44.1 Å². The molecule has 0 bridgehead atoms. The second kappa shape index (κ2) is 12.7. The van der Waals surface area contributed by atoms with E-state index < -0.39 is 0 Å². The van der Waals surface area contributed by atoms with Crippen LogP contribution in [0.15, 0.2) is 24.3 Å². The molecular formula is C18H30O2. The van der Waals surface area contributed by atoms with Gasteiger partial charge in [-0.05, 0) is 38.3 Å². The Balaban J connectivity index is 0.00000172. The van der Waals surface area contributed by atoms with Gasteiger partial charge in [0, 0.05) is 19.3 Å². The average Bonchev–Trinajstić information content (AvgIpc) is 2.48. The van der Waals surface area contributed by atoms with Gasteiger partial charge in [-0.2, -0.15) is 0 Å². The Hall–Kier alpha value is -1.28. The van der Waals surface area contributed by atoms with Crippen molar-refractivity contribution in [2.24, 2.45) is 0 Å². The Morgan fingerprint density at radius 1 is 1.05 bits per heavy atom. The molecule has 0 heterocycles. The van der Waals surface area contributed by atoms with Crippen molar-refractivity contribution in [3.63, 3.8) is 0 Å². The van der Waals surface area contributed by atoms with Crippen molar-refractivity contribution in [1.82, 2.24) is 0 Å². The molecule has 0 saturated carbocycles. The largest absolute Gasteiger partial charge is 0.496 e. The Morgan fingerprint density at radius 2 is 1.80 bits per heavy atom. The summed E-state index contributed by atoms with van der Waals surface area (Å²) in [7, 11) is 3.47. The first-order chi connectivity index (χ1) is 9.77. The molecule has 114 valence electrons. The highest BCUT2D eigenvalue weighted by atomic mass is 16.5. The van der Waals surface area contributed by atoms with Crippen LogP contribution in [-0.4, -0.2) is 20.8 Å². The second-order valence-electron chi connectivity index (χ2n) is 4.49. The number of unbranched alkanes of at least 4 members (excludes halogenated alkanes) is 3. The van der Waals surface area contributed by atoms with Gasteiger partial charge in [-0.3, -0.25) is 0 Å². The van der Waals surface area contributed by atoms with E-state index in [1.807, 2.05) is 19.9 Å². The minimum atomic E-state index is 0.870. The van der Waals surface area contributed by atoms with E-state index in [9.17, 15) is 0 Å². The number of allylic oxidation sites excluding steroid dienone is 1. The highest BCUT2D eigenvalue weighted by molar-refractivity contribution is 5.58. The lowest BCUT2D eigenvalue weighted by atomic mass is 10.1. The Labute approximate surface area is 124 Å². The fourth-order valence-corrected chi connectivity index (χ4v) is 1.88. The molecule has 1 aromatic rings. The number of aryl methyl sites for hydroxylation is 1. The zero-order valence-electron chi connectivity index (χ0n) is 13.7. The second-order valence-corrected chi connectivity index (χ2v) is 4.49. The Kier molecular flexibility index (Phi) is 11.9. The number of methoxy groups -OCH3 is 2. The summed E-state index contributed by atoms with van der Waals surface area (Å²) in [5, 5.41) is 0. The predicted molar refractivity (Wildman–Crippen MR) is 88.5 cm³/mol. The van der Waals surface area contributed by atoms with Crippen LogP contribution < -0.4 is 4.74 Å². The fraction of sp³-hybridized carbons (Fsp3) is 0.556. The maximum absolute atomic E-state index is 5.34. The van der Waals surface area contributed by atoms with Gasteiger partial charge in [-0.25, -0.2) is 0 Å². The molecule has 2 heteroatoms. The summed E-state index contributed by atoms with van der Waals surface area (Å²) in [6.07, 6.45) is 9.09. The lowest BCUT2D eigenvalue weighted by Gasteiger charge is -2.05. The summed E-state index contributed by atoms with van der Waals surface area (Å²) >= 11 is 0. The minimum Gasteiger partial charge on any atom is -0.496 e. The van der Waals surface area contributed by atoms with Crippen molar-refractivity contribution in [3.05, 3.63) is 35.4 Å². The summed E-state index contributed by atoms with van der Waals surface area (Å²) in [4.78, 5) is 0. The van der Waals surface area contributed by atoms with Gasteiger partial charge in [-0.15, -0.1) is 0 Å². The van der Waals surface area contributed by atoms with Crippen LogP contribution in [0.3, 0.4) is 0 Å². The van der Waals surface area contributed by atoms with Crippen molar-refractivity contribution < 1.29 is 9.47 Å². The zero-order chi connectivity index (χ0) is 15.2. The lowest BCUT2D eigenvalue weighted by Crippen LogP contribution is -1.88. The van der Waals surface area contributed by atoms with Crippen molar-refractivity contribution in [2.75, 3.05) is 20.8 Å². The standard InChI is InChI=1S/C16H24O2.C2H6/c1-14-10-11-16(18-3)15(13-14)9-7-5-4-6-8-12-17-2;1-2/h7,9-11,13H,4-6,8,12H2,1-3H3;1-2H3/b9-7+;. The molecule has 0 atom stereocenters. The summed E-state index contributed by atoms with van der Waals surface area (Å²) in [5.74, 6) is 0.941. The summed E-state index contributed by atoms with van der Waals surface area (Å²) < 4.78 is 10.4. The number of rotatable bonds is 8. The molecule has 0 aliphatic carbocycles. The first-order valence-electron chi connectivity index (χ1n) is 7.58. The molecule has 1 rings (SSSR count). The van der Waals surface area contributed by atoms with Gasteiger partial charge in [0.05, 0.1) is 7.11 Å². The van der Waals surface area contributed by atoms with Crippen molar-refractivity contribution in [2.45, 2.75) is 46.5 Å². The van der Waals surface area contributed by atoms with E-state index in [2.05, 4.69) is 31.2 Å². The third-order valence-electron chi connectivity index (χ3n) is 2.90. The molecule has 20 heavy (non-hydrogen) atoms. The quantitative estimate of drug-likeness (QED) is 0.605. The number of hydrogen-bond donors (Lipinski definition) is 0. The van der Waals surface area contributed by atoms with E-state index in [-0.39, 0.29) is 0 Å². The van der Waals surface area contributed by atoms with Crippen molar-refractivity contribution >= 4 is 6.08 Å². The van der Waals surface area contributed by atoms with Crippen LogP contribution in [0.1, 0.15) is 50.7 Å². The summed E-state index contributed by atoms with van der Waals surface area (Å²) in [6, 6.07) is 6.24. The van der Waals surface area contributed by atoms with Crippen LogP contribution in [0.4, 0.5) is 0 Å². The van der Waals surface area contributed by atoms with E-state index in [0.717, 1.165) is 30.8 Å². The van der Waals surface area contributed by atoms with E-state index in [4.69, 9.17) is 9.47 Å². The molecular weight excluding hydrogens is 248 g/mol.